The minimum absolute atomic E-state index is 0.239. The number of benzene rings is 3. The van der Waals surface area contributed by atoms with E-state index in [4.69, 9.17) is 9.47 Å². The summed E-state index contributed by atoms with van der Waals surface area (Å²) in [5, 5.41) is 0. The summed E-state index contributed by atoms with van der Waals surface area (Å²) >= 11 is 0. The number of rotatable bonds is 6. The first kappa shape index (κ1) is 21.8. The molecule has 0 atom stereocenters. The molecule has 1 fully saturated rings. The summed E-state index contributed by atoms with van der Waals surface area (Å²) in [6.07, 6.45) is 4.34. The molecule has 0 bridgehead atoms. The van der Waals surface area contributed by atoms with Crippen LogP contribution in [0.25, 0.3) is 0 Å². The highest BCUT2D eigenvalue weighted by molar-refractivity contribution is 5.93. The van der Waals surface area contributed by atoms with Gasteiger partial charge >= 0.3 is 11.9 Å². The number of hydrogen-bond acceptors (Lipinski definition) is 4. The number of hydrogen-bond donors (Lipinski definition) is 0. The van der Waals surface area contributed by atoms with Crippen molar-refractivity contribution >= 4 is 11.9 Å². The van der Waals surface area contributed by atoms with Gasteiger partial charge in [-0.25, -0.2) is 9.59 Å². The molecule has 4 nitrogen and oxygen atoms in total. The van der Waals surface area contributed by atoms with Crippen molar-refractivity contribution in [2.45, 2.75) is 51.4 Å². The van der Waals surface area contributed by atoms with Gasteiger partial charge in [-0.3, -0.25) is 0 Å². The molecule has 1 aliphatic rings. The topological polar surface area (TPSA) is 52.6 Å². The molecule has 0 radical (unpaired) electrons. The van der Waals surface area contributed by atoms with E-state index in [2.05, 4.69) is 19.9 Å². The molecule has 3 aromatic rings. The SMILES string of the molecule is CC(C)c1cc(OC(=O)c2ccccc2)c(OC(=O)c2ccccc2)c(C2CCCC2)c1. The fourth-order valence-electron chi connectivity index (χ4n) is 4.16. The lowest BCUT2D eigenvalue weighted by Crippen LogP contribution is -2.15. The van der Waals surface area contributed by atoms with Crippen LogP contribution < -0.4 is 9.47 Å². The Kier molecular flexibility index (Phi) is 6.69. The van der Waals surface area contributed by atoms with Crippen LogP contribution in [-0.4, -0.2) is 11.9 Å². The summed E-state index contributed by atoms with van der Waals surface area (Å²) in [5.74, 6) is 0.250. The van der Waals surface area contributed by atoms with Gasteiger partial charge in [-0.1, -0.05) is 69.2 Å². The van der Waals surface area contributed by atoms with Gasteiger partial charge in [0, 0.05) is 5.56 Å². The standard InChI is InChI=1S/C28H28O4/c1-19(2)23-17-24(20-11-9-10-12-20)26(32-28(30)22-15-7-4-8-16-22)25(18-23)31-27(29)21-13-5-3-6-14-21/h3-8,13-20H,9-12H2,1-2H3. The van der Waals surface area contributed by atoms with Crippen LogP contribution >= 0.6 is 0 Å². The van der Waals surface area contributed by atoms with Crippen molar-refractivity contribution in [3.8, 4) is 11.5 Å². The van der Waals surface area contributed by atoms with Crippen molar-refractivity contribution in [2.75, 3.05) is 0 Å². The van der Waals surface area contributed by atoms with Gasteiger partial charge in [-0.2, -0.15) is 0 Å². The second kappa shape index (κ2) is 9.82. The summed E-state index contributed by atoms with van der Waals surface area (Å²) in [6, 6.07) is 21.7. The second-order valence-electron chi connectivity index (χ2n) is 8.58. The predicted molar refractivity (Wildman–Crippen MR) is 125 cm³/mol. The third-order valence-electron chi connectivity index (χ3n) is 5.98. The minimum Gasteiger partial charge on any atom is -0.419 e. The Hall–Kier alpha value is -3.40. The van der Waals surface area contributed by atoms with Gasteiger partial charge in [0.05, 0.1) is 11.1 Å². The van der Waals surface area contributed by atoms with Gasteiger partial charge in [-0.05, 0) is 60.6 Å². The molecule has 0 aromatic heterocycles. The first-order valence-electron chi connectivity index (χ1n) is 11.2. The zero-order chi connectivity index (χ0) is 22.5. The van der Waals surface area contributed by atoms with Gasteiger partial charge in [0.15, 0.2) is 11.5 Å². The van der Waals surface area contributed by atoms with Gasteiger partial charge in [0.2, 0.25) is 0 Å². The molecule has 0 amide bonds. The Labute approximate surface area is 189 Å². The average Bonchev–Trinajstić information content (AvgIpc) is 3.35. The fourth-order valence-corrected chi connectivity index (χ4v) is 4.16. The molecule has 0 spiro atoms. The van der Waals surface area contributed by atoms with Crippen molar-refractivity contribution in [3.63, 3.8) is 0 Å². The molecule has 3 aromatic carbocycles. The second-order valence-corrected chi connectivity index (χ2v) is 8.58. The molecule has 0 N–H and O–H groups in total. The number of esters is 2. The molecule has 0 heterocycles. The lowest BCUT2D eigenvalue weighted by molar-refractivity contribution is 0.0680. The van der Waals surface area contributed by atoms with Crippen LogP contribution in [0, 0.1) is 0 Å². The summed E-state index contributed by atoms with van der Waals surface area (Å²) in [5.41, 5.74) is 2.92. The maximum absolute atomic E-state index is 12.9. The summed E-state index contributed by atoms with van der Waals surface area (Å²) in [4.78, 5) is 25.8. The smallest absolute Gasteiger partial charge is 0.343 e. The number of carbonyl (C=O) groups is 2. The Bertz CT molecular complexity index is 1080. The first-order valence-corrected chi connectivity index (χ1v) is 11.2. The van der Waals surface area contributed by atoms with Gasteiger partial charge in [0.25, 0.3) is 0 Å². The highest BCUT2D eigenvalue weighted by Gasteiger charge is 2.27. The monoisotopic (exact) mass is 428 g/mol. The van der Waals surface area contributed by atoms with Crippen LogP contribution in [-0.2, 0) is 0 Å². The molecule has 164 valence electrons. The molecule has 4 heteroatoms. The Morgan fingerprint density at radius 1 is 0.781 bits per heavy atom. The molecule has 0 saturated heterocycles. The summed E-state index contributed by atoms with van der Waals surface area (Å²) < 4.78 is 11.8. The van der Waals surface area contributed by atoms with E-state index in [0.29, 0.717) is 22.6 Å². The molecule has 4 rings (SSSR count). The van der Waals surface area contributed by atoms with Crippen molar-refractivity contribution in [2.24, 2.45) is 0 Å². The van der Waals surface area contributed by atoms with Crippen LogP contribution in [0.15, 0.2) is 72.8 Å². The van der Waals surface area contributed by atoms with Crippen molar-refractivity contribution in [1.82, 2.24) is 0 Å². The molecule has 0 aliphatic heterocycles. The van der Waals surface area contributed by atoms with Crippen molar-refractivity contribution < 1.29 is 19.1 Å². The summed E-state index contributed by atoms with van der Waals surface area (Å²) in [7, 11) is 0. The van der Waals surface area contributed by atoms with E-state index in [1.165, 1.54) is 0 Å². The van der Waals surface area contributed by atoms with Crippen LogP contribution in [0.4, 0.5) is 0 Å². The van der Waals surface area contributed by atoms with Gasteiger partial charge in [-0.15, -0.1) is 0 Å². The Morgan fingerprint density at radius 2 is 1.31 bits per heavy atom. The summed E-state index contributed by atoms with van der Waals surface area (Å²) in [6.45, 7) is 4.21. The lowest BCUT2D eigenvalue weighted by Gasteiger charge is -2.21. The predicted octanol–water partition coefficient (Wildman–Crippen LogP) is 6.91. The molecule has 32 heavy (non-hydrogen) atoms. The Morgan fingerprint density at radius 3 is 1.84 bits per heavy atom. The molecule has 1 saturated carbocycles. The van der Waals surface area contributed by atoms with E-state index in [1.807, 2.05) is 18.2 Å². The normalized spacial score (nSPS) is 13.8. The van der Waals surface area contributed by atoms with Gasteiger partial charge in [0.1, 0.15) is 0 Å². The van der Waals surface area contributed by atoms with Crippen LogP contribution in [0.3, 0.4) is 0 Å². The Balaban J connectivity index is 1.77. The van der Waals surface area contributed by atoms with E-state index < -0.39 is 11.9 Å². The fraction of sp³-hybridized carbons (Fsp3) is 0.286. The van der Waals surface area contributed by atoms with Crippen LogP contribution in [0.2, 0.25) is 0 Å². The van der Waals surface area contributed by atoms with Crippen LogP contribution in [0.1, 0.15) is 83.2 Å². The van der Waals surface area contributed by atoms with E-state index in [0.717, 1.165) is 36.8 Å². The van der Waals surface area contributed by atoms with Crippen LogP contribution in [0.5, 0.6) is 11.5 Å². The third-order valence-corrected chi connectivity index (χ3v) is 5.98. The third kappa shape index (κ3) is 4.91. The molecule has 1 aliphatic carbocycles. The quantitative estimate of drug-likeness (QED) is 0.316. The molecular weight excluding hydrogens is 400 g/mol. The van der Waals surface area contributed by atoms with E-state index in [9.17, 15) is 9.59 Å². The number of ether oxygens (including phenoxy) is 2. The highest BCUT2D eigenvalue weighted by atomic mass is 16.6. The largest absolute Gasteiger partial charge is 0.419 e. The maximum Gasteiger partial charge on any atom is 0.343 e. The average molecular weight is 429 g/mol. The highest BCUT2D eigenvalue weighted by Crippen LogP contribution is 2.45. The van der Waals surface area contributed by atoms with E-state index >= 15 is 0 Å². The zero-order valence-corrected chi connectivity index (χ0v) is 18.5. The van der Waals surface area contributed by atoms with E-state index in [1.54, 1.807) is 48.5 Å². The van der Waals surface area contributed by atoms with E-state index in [-0.39, 0.29) is 11.8 Å². The zero-order valence-electron chi connectivity index (χ0n) is 18.5. The van der Waals surface area contributed by atoms with Crippen molar-refractivity contribution in [3.05, 3.63) is 95.1 Å². The van der Waals surface area contributed by atoms with Crippen molar-refractivity contribution in [1.29, 1.82) is 0 Å². The number of carbonyl (C=O) groups excluding carboxylic acids is 2. The first-order chi connectivity index (χ1) is 15.5. The maximum atomic E-state index is 12.9. The molecular formula is C28H28O4. The van der Waals surface area contributed by atoms with Gasteiger partial charge < -0.3 is 9.47 Å². The lowest BCUT2D eigenvalue weighted by atomic mass is 9.91. The molecule has 0 unspecified atom stereocenters. The minimum atomic E-state index is -0.471.